The second-order valence-corrected chi connectivity index (χ2v) is 10.4. The first-order chi connectivity index (χ1) is 18.7. The fourth-order valence-corrected chi connectivity index (χ4v) is 5.54. The summed E-state index contributed by atoms with van der Waals surface area (Å²) in [5.41, 5.74) is 9.47. The van der Waals surface area contributed by atoms with Crippen molar-refractivity contribution in [2.45, 2.75) is 44.7 Å². The summed E-state index contributed by atoms with van der Waals surface area (Å²) >= 11 is 0. The first-order valence-corrected chi connectivity index (χ1v) is 13.0. The van der Waals surface area contributed by atoms with Crippen LogP contribution < -0.4 is 16.4 Å². The zero-order valence-electron chi connectivity index (χ0n) is 21.9. The van der Waals surface area contributed by atoms with E-state index in [4.69, 9.17) is 17.6 Å². The van der Waals surface area contributed by atoms with Gasteiger partial charge in [-0.1, -0.05) is 38.1 Å². The number of fused-ring (bicyclic) bond motifs is 2. The maximum absolute atomic E-state index is 13.0. The topological polar surface area (TPSA) is 137 Å². The zero-order valence-corrected chi connectivity index (χ0v) is 21.9. The number of likely N-dealkylation sites (tertiary alicyclic amines) is 1. The van der Waals surface area contributed by atoms with Gasteiger partial charge in [-0.3, -0.25) is 15.0 Å². The van der Waals surface area contributed by atoms with Crippen molar-refractivity contribution in [3.63, 3.8) is 0 Å². The van der Waals surface area contributed by atoms with E-state index in [-0.39, 0.29) is 35.4 Å². The fourth-order valence-electron chi connectivity index (χ4n) is 5.54. The molecule has 1 saturated carbocycles. The molecule has 9 heteroatoms. The number of nitrogens with zero attached hydrogens (tertiary/aromatic N) is 3. The quantitative estimate of drug-likeness (QED) is 0.275. The molecule has 5 N–H and O–H groups in total. The molecule has 2 aromatic carbocycles. The van der Waals surface area contributed by atoms with Crippen LogP contribution in [-0.4, -0.2) is 51.0 Å². The van der Waals surface area contributed by atoms with Crippen LogP contribution in [0.25, 0.3) is 0 Å². The van der Waals surface area contributed by atoms with Crippen LogP contribution >= 0.6 is 0 Å². The average molecular weight is 522 g/mol. The molecule has 0 spiro atoms. The number of piperidine rings is 1. The number of hydrogen-bond acceptors (Lipinski definition) is 7. The molecule has 5 rings (SSSR count). The normalized spacial score (nSPS) is 19.5. The molecule has 1 saturated heterocycles. The Hall–Kier alpha value is -4.71. The van der Waals surface area contributed by atoms with Gasteiger partial charge in [0.05, 0.1) is 17.3 Å². The summed E-state index contributed by atoms with van der Waals surface area (Å²) in [5, 5.41) is 15.3. The summed E-state index contributed by atoms with van der Waals surface area (Å²) in [7, 11) is 0. The van der Waals surface area contributed by atoms with E-state index in [1.165, 1.54) is 11.9 Å². The minimum absolute atomic E-state index is 0.0431. The molecule has 1 aliphatic carbocycles. The minimum atomic E-state index is -0.310. The molecule has 2 bridgehead atoms. The Labute approximate surface area is 227 Å². The molecule has 1 aliphatic heterocycles. The molecule has 9 nitrogen and oxygen atoms in total. The van der Waals surface area contributed by atoms with Crippen molar-refractivity contribution in [3.05, 3.63) is 77.1 Å². The van der Waals surface area contributed by atoms with E-state index in [0.29, 0.717) is 46.6 Å². The van der Waals surface area contributed by atoms with Crippen LogP contribution in [0, 0.1) is 23.7 Å². The van der Waals surface area contributed by atoms with Crippen LogP contribution in [0.1, 0.15) is 59.7 Å². The van der Waals surface area contributed by atoms with Gasteiger partial charge in [0.1, 0.15) is 18.0 Å². The summed E-state index contributed by atoms with van der Waals surface area (Å²) in [6.45, 7) is 4.90. The highest BCUT2D eigenvalue weighted by atomic mass is 16.2. The van der Waals surface area contributed by atoms with Crippen molar-refractivity contribution in [2.75, 3.05) is 22.9 Å². The van der Waals surface area contributed by atoms with Gasteiger partial charge in [0.25, 0.3) is 11.8 Å². The molecule has 2 heterocycles. The van der Waals surface area contributed by atoms with Gasteiger partial charge in [-0.25, -0.2) is 9.97 Å². The number of nitrogen functional groups attached to an aromatic ring is 1. The van der Waals surface area contributed by atoms with Crippen LogP contribution in [-0.2, 0) is 4.79 Å². The molecule has 1 aromatic heterocycles. The van der Waals surface area contributed by atoms with E-state index in [2.05, 4.69) is 40.4 Å². The van der Waals surface area contributed by atoms with Crippen LogP contribution in [0.5, 0.6) is 0 Å². The van der Waals surface area contributed by atoms with Crippen LogP contribution in [0.4, 0.5) is 17.3 Å². The second kappa shape index (κ2) is 10.6. The number of hydrogen-bond donors (Lipinski definition) is 4. The number of aromatic nitrogens is 2. The number of nitrogens with one attached hydrogen (secondary N) is 3. The Morgan fingerprint density at radius 2 is 1.87 bits per heavy atom. The van der Waals surface area contributed by atoms with Crippen molar-refractivity contribution in [1.82, 2.24) is 14.9 Å². The first kappa shape index (κ1) is 25.9. The zero-order chi connectivity index (χ0) is 27.7. The van der Waals surface area contributed by atoms with Gasteiger partial charge in [-0.2, -0.15) is 0 Å². The number of nitrogens with two attached hydrogens (primary N) is 1. The SMILES string of the molecule is C#CC(=O)N1CC2CC(Nc3ncnc(N)c3C(=N)c3cccc(C(=O)Nc4ccc(C(C)C)cc4)c3)C1C2. The number of terminal acetylenes is 1. The highest BCUT2D eigenvalue weighted by Gasteiger charge is 2.47. The van der Waals surface area contributed by atoms with Crippen molar-refractivity contribution < 1.29 is 9.59 Å². The second-order valence-electron chi connectivity index (χ2n) is 10.4. The largest absolute Gasteiger partial charge is 0.383 e. The van der Waals surface area contributed by atoms with E-state index in [1.54, 1.807) is 29.2 Å². The predicted octanol–water partition coefficient (Wildman–Crippen LogP) is 3.89. The number of anilines is 3. The van der Waals surface area contributed by atoms with Crippen LogP contribution in [0.3, 0.4) is 0 Å². The van der Waals surface area contributed by atoms with Crippen molar-refractivity contribution in [1.29, 1.82) is 5.41 Å². The van der Waals surface area contributed by atoms with E-state index >= 15 is 0 Å². The molecular formula is C30H31N7O2. The van der Waals surface area contributed by atoms with Gasteiger partial charge in [0.15, 0.2) is 0 Å². The Balaban J connectivity index is 1.36. The Morgan fingerprint density at radius 1 is 1.13 bits per heavy atom. The van der Waals surface area contributed by atoms with Crippen molar-refractivity contribution in [2.24, 2.45) is 5.92 Å². The lowest BCUT2D eigenvalue weighted by Gasteiger charge is -2.33. The summed E-state index contributed by atoms with van der Waals surface area (Å²) in [4.78, 5) is 35.5. The molecule has 2 amide bonds. The Bertz CT molecular complexity index is 1480. The fraction of sp³-hybridized carbons (Fsp3) is 0.300. The van der Waals surface area contributed by atoms with Gasteiger partial charge in [0.2, 0.25) is 0 Å². The molecule has 0 radical (unpaired) electrons. The third kappa shape index (κ3) is 5.18. The molecule has 3 unspecified atom stereocenters. The maximum Gasteiger partial charge on any atom is 0.298 e. The van der Waals surface area contributed by atoms with E-state index in [1.807, 2.05) is 24.3 Å². The number of amides is 2. The number of benzene rings is 2. The minimum Gasteiger partial charge on any atom is -0.383 e. The van der Waals surface area contributed by atoms with Gasteiger partial charge in [-0.15, -0.1) is 6.42 Å². The van der Waals surface area contributed by atoms with E-state index in [9.17, 15) is 9.59 Å². The molecule has 2 fully saturated rings. The number of carbonyl (C=O) groups excluding carboxylic acids is 2. The Kier molecular flexibility index (Phi) is 7.03. The van der Waals surface area contributed by atoms with Gasteiger partial charge < -0.3 is 21.3 Å². The molecular weight excluding hydrogens is 490 g/mol. The van der Waals surface area contributed by atoms with E-state index in [0.717, 1.165) is 12.8 Å². The molecule has 2 aliphatic rings. The maximum atomic E-state index is 13.0. The number of rotatable bonds is 7. The Morgan fingerprint density at radius 3 is 2.56 bits per heavy atom. The lowest BCUT2D eigenvalue weighted by molar-refractivity contribution is -0.126. The third-order valence-corrected chi connectivity index (χ3v) is 7.56. The molecule has 39 heavy (non-hydrogen) atoms. The summed E-state index contributed by atoms with van der Waals surface area (Å²) in [6, 6.07) is 14.5. The summed E-state index contributed by atoms with van der Waals surface area (Å²) in [5.74, 6) is 2.96. The highest BCUT2D eigenvalue weighted by molar-refractivity contribution is 6.17. The van der Waals surface area contributed by atoms with Gasteiger partial charge in [-0.05, 0) is 60.4 Å². The average Bonchev–Trinajstić information content (AvgIpc) is 3.54. The summed E-state index contributed by atoms with van der Waals surface area (Å²) in [6.07, 6.45) is 8.45. The molecule has 3 atom stereocenters. The smallest absolute Gasteiger partial charge is 0.298 e. The predicted molar refractivity (Wildman–Crippen MR) is 152 cm³/mol. The van der Waals surface area contributed by atoms with E-state index < -0.39 is 0 Å². The monoisotopic (exact) mass is 521 g/mol. The molecule has 198 valence electrons. The van der Waals surface area contributed by atoms with Crippen molar-refractivity contribution >= 4 is 34.8 Å². The summed E-state index contributed by atoms with van der Waals surface area (Å²) < 4.78 is 0. The lowest BCUT2D eigenvalue weighted by Crippen LogP contribution is -2.47. The van der Waals surface area contributed by atoms with Crippen LogP contribution in [0.15, 0.2) is 54.9 Å². The van der Waals surface area contributed by atoms with Crippen molar-refractivity contribution in [3.8, 4) is 12.3 Å². The van der Waals surface area contributed by atoms with Crippen LogP contribution in [0.2, 0.25) is 0 Å². The number of carbonyl (C=O) groups is 2. The van der Waals surface area contributed by atoms with Gasteiger partial charge in [0, 0.05) is 29.4 Å². The van der Waals surface area contributed by atoms with Gasteiger partial charge >= 0.3 is 0 Å². The molecule has 3 aromatic rings. The first-order valence-electron chi connectivity index (χ1n) is 13.0. The third-order valence-electron chi connectivity index (χ3n) is 7.56. The highest BCUT2D eigenvalue weighted by Crippen LogP contribution is 2.39. The standard InChI is InChI=1S/C30H31N7O2/c1-4-25(38)37-15-18-12-23(24(37)13-18)36-29-26(28(32)33-16-34-29)27(31)20-6-5-7-21(14-20)30(39)35-22-10-8-19(9-11-22)17(2)3/h1,5-11,14,16-18,23-24,31H,12-13,15H2,2-3H3,(H,35,39)(H3,32,33,34,36). The lowest BCUT2D eigenvalue weighted by atomic mass is 9.99.